The van der Waals surface area contributed by atoms with Gasteiger partial charge >= 0.3 is 5.97 Å². The van der Waals surface area contributed by atoms with Gasteiger partial charge in [0, 0.05) is 12.5 Å². The Bertz CT molecular complexity index is 407. The number of rotatable bonds is 7. The normalized spacial score (nSPS) is 10.5. The van der Waals surface area contributed by atoms with Crippen molar-refractivity contribution < 1.29 is 14.3 Å². The number of ether oxygens (including phenoxy) is 1. The van der Waals surface area contributed by atoms with Crippen LogP contribution >= 0.6 is 0 Å². The van der Waals surface area contributed by atoms with E-state index in [1.165, 1.54) is 12.2 Å². The van der Waals surface area contributed by atoms with Crippen molar-refractivity contribution in [2.45, 2.75) is 32.8 Å². The van der Waals surface area contributed by atoms with Gasteiger partial charge in [0.25, 0.3) is 0 Å². The van der Waals surface area contributed by atoms with Gasteiger partial charge < -0.3 is 4.74 Å². The highest BCUT2D eigenvalue weighted by molar-refractivity contribution is 5.95. The fourth-order valence-electron chi connectivity index (χ4n) is 1.37. The van der Waals surface area contributed by atoms with Gasteiger partial charge in [0.05, 0.1) is 0 Å². The highest BCUT2D eigenvalue weighted by Gasteiger charge is 2.00. The standard InChI is InChI=1S/C15H18O3/c1-2-3-9-14(16)10-11-15(17)18-12-13-7-5-4-6-8-13/h4-8,10-11H,2-3,9,12H2,1H3/b11-10-. The zero-order chi connectivity index (χ0) is 13.2. The molecule has 0 atom stereocenters. The number of allylic oxidation sites excluding steroid dienone is 1. The molecule has 18 heavy (non-hydrogen) atoms. The molecule has 0 spiro atoms. The van der Waals surface area contributed by atoms with Gasteiger partial charge in [-0.05, 0) is 18.1 Å². The molecule has 0 aliphatic carbocycles. The number of esters is 1. The van der Waals surface area contributed by atoms with Crippen LogP contribution in [0.25, 0.3) is 0 Å². The van der Waals surface area contributed by atoms with Crippen LogP contribution in [0.4, 0.5) is 0 Å². The lowest BCUT2D eigenvalue weighted by Crippen LogP contribution is -2.02. The molecule has 0 bridgehead atoms. The van der Waals surface area contributed by atoms with E-state index in [1.807, 2.05) is 37.3 Å². The molecule has 0 heterocycles. The van der Waals surface area contributed by atoms with Gasteiger partial charge in [-0.2, -0.15) is 0 Å². The first-order valence-corrected chi connectivity index (χ1v) is 6.14. The number of carbonyl (C=O) groups is 2. The average molecular weight is 246 g/mol. The van der Waals surface area contributed by atoms with Crippen LogP contribution in [0.1, 0.15) is 31.7 Å². The van der Waals surface area contributed by atoms with E-state index < -0.39 is 5.97 Å². The smallest absolute Gasteiger partial charge is 0.331 e. The second-order valence-electron chi connectivity index (χ2n) is 4.00. The van der Waals surface area contributed by atoms with Crippen molar-refractivity contribution in [2.24, 2.45) is 0 Å². The lowest BCUT2D eigenvalue weighted by molar-refractivity contribution is -0.139. The summed E-state index contributed by atoms with van der Waals surface area (Å²) in [5.41, 5.74) is 0.927. The molecule has 1 aromatic carbocycles. The third-order valence-electron chi connectivity index (χ3n) is 2.41. The van der Waals surface area contributed by atoms with Gasteiger partial charge in [-0.15, -0.1) is 0 Å². The Morgan fingerprint density at radius 2 is 1.89 bits per heavy atom. The van der Waals surface area contributed by atoms with Crippen LogP contribution < -0.4 is 0 Å². The number of carbonyl (C=O) groups excluding carboxylic acids is 2. The lowest BCUT2D eigenvalue weighted by atomic mass is 10.2. The topological polar surface area (TPSA) is 43.4 Å². The maximum atomic E-state index is 11.3. The summed E-state index contributed by atoms with van der Waals surface area (Å²) >= 11 is 0. The first kappa shape index (κ1) is 14.2. The van der Waals surface area contributed by atoms with Crippen molar-refractivity contribution >= 4 is 11.8 Å². The summed E-state index contributed by atoms with van der Waals surface area (Å²) in [4.78, 5) is 22.6. The fraction of sp³-hybridized carbons (Fsp3) is 0.333. The Hall–Kier alpha value is -1.90. The highest BCUT2D eigenvalue weighted by atomic mass is 16.5. The minimum absolute atomic E-state index is 0.0338. The molecule has 1 rings (SSSR count). The summed E-state index contributed by atoms with van der Waals surface area (Å²) in [5, 5.41) is 0. The van der Waals surface area contributed by atoms with Crippen LogP contribution in [-0.4, -0.2) is 11.8 Å². The van der Waals surface area contributed by atoms with Crippen LogP contribution in [0, 0.1) is 0 Å². The minimum Gasteiger partial charge on any atom is -0.458 e. The second kappa shape index (κ2) is 8.23. The van der Waals surface area contributed by atoms with Gasteiger partial charge in [-0.25, -0.2) is 4.79 Å². The van der Waals surface area contributed by atoms with Crippen molar-refractivity contribution in [3.8, 4) is 0 Å². The van der Waals surface area contributed by atoms with E-state index in [4.69, 9.17) is 4.74 Å². The molecule has 0 saturated heterocycles. The third-order valence-corrected chi connectivity index (χ3v) is 2.41. The van der Waals surface area contributed by atoms with Crippen molar-refractivity contribution in [1.82, 2.24) is 0 Å². The molecule has 1 aromatic rings. The number of benzene rings is 1. The molecular formula is C15H18O3. The van der Waals surface area contributed by atoms with Gasteiger partial charge in [0.15, 0.2) is 5.78 Å². The number of ketones is 1. The van der Waals surface area contributed by atoms with Crippen molar-refractivity contribution in [2.75, 3.05) is 0 Å². The lowest BCUT2D eigenvalue weighted by Gasteiger charge is -2.01. The molecule has 0 N–H and O–H groups in total. The Balaban J connectivity index is 2.29. The van der Waals surface area contributed by atoms with Crippen LogP contribution in [0.2, 0.25) is 0 Å². The molecule has 0 unspecified atom stereocenters. The van der Waals surface area contributed by atoms with E-state index in [9.17, 15) is 9.59 Å². The van der Waals surface area contributed by atoms with Crippen LogP contribution in [0.3, 0.4) is 0 Å². The third kappa shape index (κ3) is 5.99. The monoisotopic (exact) mass is 246 g/mol. The molecule has 96 valence electrons. The number of unbranched alkanes of at least 4 members (excludes halogenated alkanes) is 1. The quantitative estimate of drug-likeness (QED) is 0.548. The zero-order valence-electron chi connectivity index (χ0n) is 10.6. The van der Waals surface area contributed by atoms with Crippen LogP contribution in [0.5, 0.6) is 0 Å². The molecule has 0 amide bonds. The Kier molecular flexibility index (Phi) is 6.47. The molecule has 3 heteroatoms. The van der Waals surface area contributed by atoms with E-state index in [0.29, 0.717) is 6.42 Å². The van der Waals surface area contributed by atoms with E-state index >= 15 is 0 Å². The molecule has 0 aliphatic rings. The van der Waals surface area contributed by atoms with E-state index in [1.54, 1.807) is 0 Å². The SMILES string of the molecule is CCCCC(=O)/C=C\C(=O)OCc1ccccc1. The molecule has 0 radical (unpaired) electrons. The van der Waals surface area contributed by atoms with Crippen molar-refractivity contribution in [1.29, 1.82) is 0 Å². The molecular weight excluding hydrogens is 228 g/mol. The molecule has 3 nitrogen and oxygen atoms in total. The summed E-state index contributed by atoms with van der Waals surface area (Å²) in [6.45, 7) is 2.25. The molecule has 0 fully saturated rings. The summed E-state index contributed by atoms with van der Waals surface area (Å²) in [6, 6.07) is 9.42. The maximum absolute atomic E-state index is 11.3. The largest absolute Gasteiger partial charge is 0.458 e. The fourth-order valence-corrected chi connectivity index (χ4v) is 1.37. The van der Waals surface area contributed by atoms with E-state index in [2.05, 4.69) is 0 Å². The van der Waals surface area contributed by atoms with Crippen LogP contribution in [0.15, 0.2) is 42.5 Å². The van der Waals surface area contributed by atoms with Gasteiger partial charge in [0.2, 0.25) is 0 Å². The summed E-state index contributed by atoms with van der Waals surface area (Å²) in [6.07, 6.45) is 4.79. The Morgan fingerprint density at radius 1 is 1.17 bits per heavy atom. The summed E-state index contributed by atoms with van der Waals surface area (Å²) in [5.74, 6) is -0.516. The summed E-state index contributed by atoms with van der Waals surface area (Å²) < 4.78 is 5.00. The number of hydrogen-bond donors (Lipinski definition) is 0. The average Bonchev–Trinajstić information content (AvgIpc) is 2.41. The summed E-state index contributed by atoms with van der Waals surface area (Å²) in [7, 11) is 0. The second-order valence-corrected chi connectivity index (χ2v) is 4.00. The minimum atomic E-state index is -0.483. The van der Waals surface area contributed by atoms with E-state index in [0.717, 1.165) is 18.4 Å². The van der Waals surface area contributed by atoms with Crippen LogP contribution in [-0.2, 0) is 20.9 Å². The highest BCUT2D eigenvalue weighted by Crippen LogP contribution is 2.01. The maximum Gasteiger partial charge on any atom is 0.331 e. The zero-order valence-corrected chi connectivity index (χ0v) is 10.6. The molecule has 0 saturated carbocycles. The first-order valence-electron chi connectivity index (χ1n) is 6.14. The Morgan fingerprint density at radius 3 is 2.56 bits per heavy atom. The molecule has 0 aliphatic heterocycles. The number of hydrogen-bond acceptors (Lipinski definition) is 3. The predicted molar refractivity (Wildman–Crippen MR) is 69.9 cm³/mol. The van der Waals surface area contributed by atoms with Gasteiger partial charge in [0.1, 0.15) is 6.61 Å². The van der Waals surface area contributed by atoms with Crippen molar-refractivity contribution in [3.63, 3.8) is 0 Å². The van der Waals surface area contributed by atoms with Gasteiger partial charge in [-0.3, -0.25) is 4.79 Å². The first-order chi connectivity index (χ1) is 8.72. The van der Waals surface area contributed by atoms with Crippen molar-refractivity contribution in [3.05, 3.63) is 48.0 Å². The Labute approximate surface area is 107 Å². The molecule has 0 aromatic heterocycles. The van der Waals surface area contributed by atoms with Gasteiger partial charge in [-0.1, -0.05) is 43.7 Å². The van der Waals surface area contributed by atoms with E-state index in [-0.39, 0.29) is 12.4 Å². The predicted octanol–water partition coefficient (Wildman–Crippen LogP) is 3.05.